The summed E-state index contributed by atoms with van der Waals surface area (Å²) >= 11 is 0. The first-order valence-corrected chi connectivity index (χ1v) is 10.3. The van der Waals surface area contributed by atoms with Crippen molar-refractivity contribution >= 4 is 28.5 Å². The molecule has 148 valence electrons. The van der Waals surface area contributed by atoms with Crippen molar-refractivity contribution < 1.29 is 9.59 Å². The molecule has 1 aromatic heterocycles. The summed E-state index contributed by atoms with van der Waals surface area (Å²) in [5.41, 5.74) is 3.97. The Morgan fingerprint density at radius 1 is 1.14 bits per heavy atom. The zero-order valence-electron chi connectivity index (χ0n) is 16.2. The number of anilines is 1. The molecule has 5 rings (SSSR count). The van der Waals surface area contributed by atoms with Crippen LogP contribution < -0.4 is 5.32 Å². The molecule has 2 aromatic carbocycles. The fourth-order valence-electron chi connectivity index (χ4n) is 4.57. The number of carbonyl (C=O) groups is 2. The number of imidazole rings is 1. The quantitative estimate of drug-likeness (QED) is 0.713. The average Bonchev–Trinajstić information content (AvgIpc) is 3.38. The third kappa shape index (κ3) is 3.39. The van der Waals surface area contributed by atoms with Gasteiger partial charge in [-0.15, -0.1) is 0 Å². The molecule has 2 atom stereocenters. The zero-order valence-corrected chi connectivity index (χ0v) is 16.2. The second kappa shape index (κ2) is 7.35. The van der Waals surface area contributed by atoms with Crippen LogP contribution in [0.25, 0.3) is 11.0 Å². The number of aromatic nitrogens is 2. The fourth-order valence-corrected chi connectivity index (χ4v) is 4.57. The van der Waals surface area contributed by atoms with E-state index in [0.29, 0.717) is 19.3 Å². The third-order valence-corrected chi connectivity index (χ3v) is 6.12. The van der Waals surface area contributed by atoms with E-state index in [1.54, 1.807) is 0 Å². The van der Waals surface area contributed by atoms with E-state index in [1.807, 2.05) is 53.4 Å². The van der Waals surface area contributed by atoms with Crippen LogP contribution in [0, 0.1) is 5.92 Å². The van der Waals surface area contributed by atoms with E-state index in [9.17, 15) is 9.59 Å². The van der Waals surface area contributed by atoms with Gasteiger partial charge in [-0.2, -0.15) is 0 Å². The van der Waals surface area contributed by atoms with Gasteiger partial charge >= 0.3 is 0 Å². The Kier molecular flexibility index (Phi) is 4.54. The number of nitrogens with zero attached hydrogens (tertiary/aromatic N) is 2. The normalized spacial score (nSPS) is 21.2. The number of aromatic amines is 1. The van der Waals surface area contributed by atoms with Gasteiger partial charge in [0.1, 0.15) is 5.82 Å². The maximum atomic E-state index is 13.0. The topological polar surface area (TPSA) is 78.1 Å². The molecule has 1 saturated heterocycles. The smallest absolute Gasteiger partial charge is 0.227 e. The van der Waals surface area contributed by atoms with Gasteiger partial charge in [0.15, 0.2) is 0 Å². The molecule has 6 heteroatoms. The lowest BCUT2D eigenvalue weighted by molar-refractivity contribution is -0.132. The van der Waals surface area contributed by atoms with Gasteiger partial charge in [0.25, 0.3) is 0 Å². The molecular formula is C23H24N4O2. The van der Waals surface area contributed by atoms with Gasteiger partial charge in [-0.05, 0) is 49.4 Å². The van der Waals surface area contributed by atoms with Crippen LogP contribution in [0.5, 0.6) is 0 Å². The minimum Gasteiger partial charge on any atom is -0.340 e. The maximum absolute atomic E-state index is 13.0. The van der Waals surface area contributed by atoms with Crippen molar-refractivity contribution in [2.45, 2.75) is 38.1 Å². The number of hydrogen-bond acceptors (Lipinski definition) is 3. The summed E-state index contributed by atoms with van der Waals surface area (Å²) in [5, 5.41) is 2.97. The minimum absolute atomic E-state index is 0.00388. The van der Waals surface area contributed by atoms with Gasteiger partial charge in [0.05, 0.1) is 17.1 Å². The van der Waals surface area contributed by atoms with Crippen molar-refractivity contribution in [1.82, 2.24) is 14.9 Å². The van der Waals surface area contributed by atoms with Crippen molar-refractivity contribution in [2.75, 3.05) is 11.9 Å². The summed E-state index contributed by atoms with van der Waals surface area (Å²) in [6, 6.07) is 15.8. The van der Waals surface area contributed by atoms with E-state index in [-0.39, 0.29) is 23.8 Å². The van der Waals surface area contributed by atoms with Gasteiger partial charge in [-0.3, -0.25) is 9.59 Å². The van der Waals surface area contributed by atoms with Crippen LogP contribution in [-0.4, -0.2) is 33.2 Å². The maximum Gasteiger partial charge on any atom is 0.227 e. The predicted molar refractivity (Wildman–Crippen MR) is 111 cm³/mol. The predicted octanol–water partition coefficient (Wildman–Crippen LogP) is 3.82. The molecule has 2 amide bonds. The van der Waals surface area contributed by atoms with Crippen LogP contribution in [0.2, 0.25) is 0 Å². The number of H-pyrrole nitrogens is 1. The van der Waals surface area contributed by atoms with Crippen molar-refractivity contribution in [3.63, 3.8) is 0 Å². The van der Waals surface area contributed by atoms with Crippen molar-refractivity contribution in [3.05, 3.63) is 59.9 Å². The highest BCUT2D eigenvalue weighted by Gasteiger charge is 2.33. The summed E-state index contributed by atoms with van der Waals surface area (Å²) in [6.45, 7) is 0.750. The number of amides is 2. The Balaban J connectivity index is 1.26. The molecule has 29 heavy (non-hydrogen) atoms. The zero-order chi connectivity index (χ0) is 19.8. The van der Waals surface area contributed by atoms with Gasteiger partial charge in [0.2, 0.25) is 11.8 Å². The number of para-hydroxylation sites is 3. The van der Waals surface area contributed by atoms with Crippen LogP contribution in [0.4, 0.5) is 5.69 Å². The van der Waals surface area contributed by atoms with Gasteiger partial charge < -0.3 is 15.2 Å². The Morgan fingerprint density at radius 3 is 2.86 bits per heavy atom. The van der Waals surface area contributed by atoms with Gasteiger partial charge in [-0.1, -0.05) is 30.3 Å². The molecular weight excluding hydrogens is 364 g/mol. The van der Waals surface area contributed by atoms with Gasteiger partial charge in [-0.25, -0.2) is 4.98 Å². The molecule has 6 nitrogen and oxygen atoms in total. The van der Waals surface area contributed by atoms with Crippen molar-refractivity contribution in [3.8, 4) is 0 Å². The SMILES string of the molecule is O=C1Nc2ccccc2CC1CCC(=O)N1CCCC1c1nc2ccccc2[nH]1. The molecule has 0 radical (unpaired) electrons. The lowest BCUT2D eigenvalue weighted by atomic mass is 9.89. The van der Waals surface area contributed by atoms with Crippen LogP contribution in [0.15, 0.2) is 48.5 Å². The largest absolute Gasteiger partial charge is 0.340 e. The highest BCUT2D eigenvalue weighted by atomic mass is 16.2. The Morgan fingerprint density at radius 2 is 1.97 bits per heavy atom. The summed E-state index contributed by atoms with van der Waals surface area (Å²) in [4.78, 5) is 35.4. The molecule has 0 bridgehead atoms. The molecule has 3 aromatic rings. The van der Waals surface area contributed by atoms with E-state index in [1.165, 1.54) is 0 Å². The summed E-state index contributed by atoms with van der Waals surface area (Å²) < 4.78 is 0. The van der Waals surface area contributed by atoms with E-state index in [4.69, 9.17) is 4.98 Å². The summed E-state index contributed by atoms with van der Waals surface area (Å²) in [7, 11) is 0. The first kappa shape index (κ1) is 17.9. The molecule has 2 aliphatic heterocycles. The Bertz CT molecular complexity index is 1040. The average molecular weight is 388 g/mol. The first-order valence-electron chi connectivity index (χ1n) is 10.3. The number of nitrogens with one attached hydrogen (secondary N) is 2. The molecule has 0 saturated carbocycles. The van der Waals surface area contributed by atoms with Gasteiger partial charge in [0, 0.05) is 24.6 Å². The molecule has 2 N–H and O–H groups in total. The number of fused-ring (bicyclic) bond motifs is 2. The van der Waals surface area contributed by atoms with E-state index < -0.39 is 0 Å². The van der Waals surface area contributed by atoms with E-state index >= 15 is 0 Å². The second-order valence-electron chi connectivity index (χ2n) is 7.97. The molecule has 2 aliphatic rings. The van der Waals surface area contributed by atoms with E-state index in [0.717, 1.165) is 47.5 Å². The van der Waals surface area contributed by atoms with Crippen LogP contribution >= 0.6 is 0 Å². The third-order valence-electron chi connectivity index (χ3n) is 6.12. The van der Waals surface area contributed by atoms with Crippen LogP contribution in [0.3, 0.4) is 0 Å². The number of rotatable bonds is 4. The monoisotopic (exact) mass is 388 g/mol. The standard InChI is InChI=1S/C23H24N4O2/c28-21(12-11-16-14-15-6-1-2-7-17(15)26-23(16)29)27-13-5-10-20(27)22-24-18-8-3-4-9-19(18)25-22/h1-4,6-9,16,20H,5,10-14H2,(H,24,25)(H,26,29). The fraction of sp³-hybridized carbons (Fsp3) is 0.348. The first-order chi connectivity index (χ1) is 14.2. The van der Waals surface area contributed by atoms with E-state index in [2.05, 4.69) is 10.3 Å². The summed E-state index contributed by atoms with van der Waals surface area (Å²) in [6.07, 6.45) is 3.55. The highest BCUT2D eigenvalue weighted by molar-refractivity contribution is 5.96. The number of benzene rings is 2. The summed E-state index contributed by atoms with van der Waals surface area (Å²) in [5.74, 6) is 0.842. The van der Waals surface area contributed by atoms with Crippen LogP contribution in [0.1, 0.15) is 43.1 Å². The number of hydrogen-bond donors (Lipinski definition) is 2. The Hall–Kier alpha value is -3.15. The van der Waals surface area contributed by atoms with Crippen molar-refractivity contribution in [1.29, 1.82) is 0 Å². The molecule has 1 fully saturated rings. The Labute approximate surface area is 169 Å². The minimum atomic E-state index is -0.152. The molecule has 0 aliphatic carbocycles. The molecule has 2 unspecified atom stereocenters. The highest BCUT2D eigenvalue weighted by Crippen LogP contribution is 2.33. The number of carbonyl (C=O) groups excluding carboxylic acids is 2. The number of likely N-dealkylation sites (tertiary alicyclic amines) is 1. The molecule has 0 spiro atoms. The second-order valence-corrected chi connectivity index (χ2v) is 7.97. The molecule has 3 heterocycles. The lowest BCUT2D eigenvalue weighted by Crippen LogP contribution is -2.34. The lowest BCUT2D eigenvalue weighted by Gasteiger charge is -2.26. The van der Waals surface area contributed by atoms with Crippen molar-refractivity contribution in [2.24, 2.45) is 5.92 Å². The van der Waals surface area contributed by atoms with Crippen LogP contribution in [-0.2, 0) is 16.0 Å².